The Kier molecular flexibility index (Phi) is 8.30. The highest BCUT2D eigenvalue weighted by atomic mass is 127. The quantitative estimate of drug-likeness (QED) is 0.305. The summed E-state index contributed by atoms with van der Waals surface area (Å²) < 4.78 is 2.88. The smallest absolute Gasteiger partial charge is 0.234 e. The molecule has 0 radical (unpaired) electrons. The van der Waals surface area contributed by atoms with E-state index < -0.39 is 0 Å². The molecule has 2 N–H and O–H groups in total. The maximum Gasteiger partial charge on any atom is 0.234 e. The molecule has 0 atom stereocenters. The molecule has 168 valence electrons. The molecule has 3 rings (SSSR count). The molecule has 3 aromatic rings. The van der Waals surface area contributed by atoms with E-state index in [1.54, 1.807) is 11.6 Å². The fraction of sp³-hybridized carbons (Fsp3) is 0.304. The zero-order chi connectivity index (χ0) is 23.3. The Morgan fingerprint density at radius 2 is 1.78 bits per heavy atom. The van der Waals surface area contributed by atoms with Gasteiger partial charge in [-0.15, -0.1) is 10.2 Å². The number of amides is 2. The topological polar surface area (TPSA) is 88.9 Å². The molecule has 1 heterocycles. The summed E-state index contributed by atoms with van der Waals surface area (Å²) in [5, 5.41) is 14.7. The summed E-state index contributed by atoms with van der Waals surface area (Å²) in [5.74, 6) is 0.765. The highest BCUT2D eigenvalue weighted by Crippen LogP contribution is 2.26. The summed E-state index contributed by atoms with van der Waals surface area (Å²) in [4.78, 5) is 24.9. The van der Waals surface area contributed by atoms with Crippen molar-refractivity contribution in [1.29, 1.82) is 0 Å². The average molecular weight is 563 g/mol. The maximum absolute atomic E-state index is 12.5. The second-order valence-electron chi connectivity index (χ2n) is 7.77. The van der Waals surface area contributed by atoms with Gasteiger partial charge in [0.15, 0.2) is 5.16 Å². The van der Waals surface area contributed by atoms with Crippen LogP contribution in [-0.4, -0.2) is 32.3 Å². The molecule has 0 aliphatic rings. The standard InChI is InChI=1S/C23H26IN5O2S/c1-14(2)18-11-16(24)7-10-19(18)26-22(31)13-32-23-28-27-20(29(23)4)12-21(30)25-17-8-5-15(3)6-9-17/h5-11,14H,12-13H2,1-4H3,(H,25,30)(H,26,31). The van der Waals surface area contributed by atoms with E-state index in [2.05, 4.69) is 63.3 Å². The Balaban J connectivity index is 1.56. The molecule has 0 aliphatic heterocycles. The van der Waals surface area contributed by atoms with Crippen molar-refractivity contribution in [2.75, 3.05) is 16.4 Å². The van der Waals surface area contributed by atoms with Crippen LogP contribution in [-0.2, 0) is 23.1 Å². The Morgan fingerprint density at radius 3 is 2.47 bits per heavy atom. The van der Waals surface area contributed by atoms with Crippen LogP contribution < -0.4 is 10.6 Å². The molecule has 9 heteroatoms. The fourth-order valence-electron chi connectivity index (χ4n) is 3.05. The lowest BCUT2D eigenvalue weighted by Crippen LogP contribution is -2.17. The van der Waals surface area contributed by atoms with Gasteiger partial charge in [0.2, 0.25) is 11.8 Å². The number of thioether (sulfide) groups is 1. The summed E-state index contributed by atoms with van der Waals surface area (Å²) in [6.45, 7) is 6.20. The fourth-order valence-corrected chi connectivity index (χ4v) is 4.30. The summed E-state index contributed by atoms with van der Waals surface area (Å²) in [5.41, 5.74) is 3.81. The van der Waals surface area contributed by atoms with E-state index in [1.807, 2.05) is 43.3 Å². The number of halogens is 1. The number of rotatable bonds is 8. The van der Waals surface area contributed by atoms with Gasteiger partial charge in [-0.25, -0.2) is 0 Å². The molecule has 2 amide bonds. The molecule has 0 spiro atoms. The maximum atomic E-state index is 12.5. The molecule has 0 unspecified atom stereocenters. The number of hydrogen-bond acceptors (Lipinski definition) is 5. The number of aryl methyl sites for hydroxylation is 1. The van der Waals surface area contributed by atoms with Crippen LogP contribution in [0.25, 0.3) is 0 Å². The number of hydrogen-bond donors (Lipinski definition) is 2. The van der Waals surface area contributed by atoms with Gasteiger partial charge in [0.25, 0.3) is 0 Å². The van der Waals surface area contributed by atoms with Crippen molar-refractivity contribution in [2.45, 2.75) is 38.3 Å². The van der Waals surface area contributed by atoms with Crippen molar-refractivity contribution in [3.05, 3.63) is 63.0 Å². The van der Waals surface area contributed by atoms with Crippen molar-refractivity contribution < 1.29 is 9.59 Å². The van der Waals surface area contributed by atoms with Crippen molar-refractivity contribution in [3.8, 4) is 0 Å². The minimum atomic E-state index is -0.168. The summed E-state index contributed by atoms with van der Waals surface area (Å²) in [6.07, 6.45) is 0.102. The Morgan fingerprint density at radius 1 is 1.06 bits per heavy atom. The van der Waals surface area contributed by atoms with Gasteiger partial charge in [-0.05, 0) is 71.3 Å². The number of carbonyl (C=O) groups is 2. The van der Waals surface area contributed by atoms with E-state index in [4.69, 9.17) is 0 Å². The lowest BCUT2D eigenvalue weighted by Gasteiger charge is -2.14. The number of anilines is 2. The third-order valence-electron chi connectivity index (χ3n) is 4.82. The molecule has 7 nitrogen and oxygen atoms in total. The van der Waals surface area contributed by atoms with Gasteiger partial charge in [0.1, 0.15) is 5.82 Å². The van der Waals surface area contributed by atoms with Crippen LogP contribution in [0.1, 0.15) is 36.7 Å². The highest BCUT2D eigenvalue weighted by molar-refractivity contribution is 14.1. The minimum Gasteiger partial charge on any atom is -0.326 e. The Bertz CT molecular complexity index is 1110. The minimum absolute atomic E-state index is 0.102. The summed E-state index contributed by atoms with van der Waals surface area (Å²) in [6, 6.07) is 13.6. The zero-order valence-electron chi connectivity index (χ0n) is 18.5. The number of aromatic nitrogens is 3. The van der Waals surface area contributed by atoms with E-state index in [0.717, 1.165) is 26.1 Å². The number of nitrogens with one attached hydrogen (secondary N) is 2. The first-order valence-corrected chi connectivity index (χ1v) is 12.3. The van der Waals surface area contributed by atoms with Crippen molar-refractivity contribution in [1.82, 2.24) is 14.8 Å². The first-order valence-electron chi connectivity index (χ1n) is 10.2. The number of carbonyl (C=O) groups excluding carboxylic acids is 2. The van der Waals surface area contributed by atoms with Crippen LogP contribution >= 0.6 is 34.4 Å². The van der Waals surface area contributed by atoms with E-state index >= 15 is 0 Å². The molecule has 0 aliphatic carbocycles. The Hall–Kier alpha value is -2.40. The van der Waals surface area contributed by atoms with Crippen LogP contribution in [0.15, 0.2) is 47.6 Å². The van der Waals surface area contributed by atoms with E-state index in [9.17, 15) is 9.59 Å². The zero-order valence-corrected chi connectivity index (χ0v) is 21.5. The van der Waals surface area contributed by atoms with Crippen LogP contribution in [0, 0.1) is 10.5 Å². The number of nitrogens with zero attached hydrogens (tertiary/aromatic N) is 3. The predicted octanol–water partition coefficient (Wildman–Crippen LogP) is 4.76. The molecular formula is C23H26IN5O2S. The average Bonchev–Trinajstić information content (AvgIpc) is 3.08. The first kappa shape index (κ1) is 24.2. The van der Waals surface area contributed by atoms with Crippen LogP contribution in [0.3, 0.4) is 0 Å². The molecule has 32 heavy (non-hydrogen) atoms. The van der Waals surface area contributed by atoms with Gasteiger partial charge < -0.3 is 15.2 Å². The predicted molar refractivity (Wildman–Crippen MR) is 137 cm³/mol. The van der Waals surface area contributed by atoms with Gasteiger partial charge in [-0.1, -0.05) is 43.3 Å². The lowest BCUT2D eigenvalue weighted by atomic mass is 10.0. The van der Waals surface area contributed by atoms with Gasteiger partial charge in [-0.2, -0.15) is 0 Å². The monoisotopic (exact) mass is 563 g/mol. The molecule has 0 bridgehead atoms. The SMILES string of the molecule is Cc1ccc(NC(=O)Cc2nnc(SCC(=O)Nc3ccc(I)cc3C(C)C)n2C)cc1. The van der Waals surface area contributed by atoms with Crippen LogP contribution in [0.4, 0.5) is 11.4 Å². The first-order chi connectivity index (χ1) is 15.2. The van der Waals surface area contributed by atoms with Crippen molar-refractivity contribution >= 4 is 57.5 Å². The Labute approximate surface area is 205 Å². The summed E-state index contributed by atoms with van der Waals surface area (Å²) >= 11 is 3.56. The van der Waals surface area contributed by atoms with Crippen molar-refractivity contribution in [2.24, 2.45) is 7.05 Å². The summed E-state index contributed by atoms with van der Waals surface area (Å²) in [7, 11) is 1.80. The van der Waals surface area contributed by atoms with Crippen LogP contribution in [0.5, 0.6) is 0 Å². The van der Waals surface area contributed by atoms with Gasteiger partial charge in [0, 0.05) is 22.0 Å². The van der Waals surface area contributed by atoms with Gasteiger partial charge in [-0.3, -0.25) is 9.59 Å². The molecule has 0 saturated carbocycles. The van der Waals surface area contributed by atoms with Crippen LogP contribution in [0.2, 0.25) is 0 Å². The molecule has 0 saturated heterocycles. The third kappa shape index (κ3) is 6.55. The van der Waals surface area contributed by atoms with Gasteiger partial charge >= 0.3 is 0 Å². The third-order valence-corrected chi connectivity index (χ3v) is 6.51. The van der Waals surface area contributed by atoms with Crippen molar-refractivity contribution in [3.63, 3.8) is 0 Å². The highest BCUT2D eigenvalue weighted by Gasteiger charge is 2.16. The normalized spacial score (nSPS) is 10.9. The van der Waals surface area contributed by atoms with E-state index in [-0.39, 0.29) is 24.0 Å². The van der Waals surface area contributed by atoms with E-state index in [1.165, 1.54) is 11.8 Å². The molecular weight excluding hydrogens is 537 g/mol. The lowest BCUT2D eigenvalue weighted by molar-refractivity contribution is -0.116. The molecule has 1 aromatic heterocycles. The van der Waals surface area contributed by atoms with E-state index in [0.29, 0.717) is 16.9 Å². The molecule has 0 fully saturated rings. The second-order valence-corrected chi connectivity index (χ2v) is 9.96. The van der Waals surface area contributed by atoms with Gasteiger partial charge in [0.05, 0.1) is 12.2 Å². The molecule has 2 aromatic carbocycles. The number of benzene rings is 2. The second kappa shape index (κ2) is 11.0. The largest absolute Gasteiger partial charge is 0.326 e.